The Morgan fingerprint density at radius 3 is 1.96 bits per heavy atom. The standard InChI is InChI=1S/C24H25OP.H2OP/c1-5-20-11-9-10-14-22(20)26(21-12-7-6-8-13-21)24(25)23-18(3)15-17(2)16-19(23)4;1-2/h6-16H,5H2,1-4H3;2H2/q;+1. The molecule has 2 atom stereocenters. The third-order valence-corrected chi connectivity index (χ3v) is 7.08. The zero-order chi connectivity index (χ0) is 20.7. The lowest BCUT2D eigenvalue weighted by molar-refractivity contribution is 0.108. The van der Waals surface area contributed by atoms with Gasteiger partial charge in [-0.25, -0.2) is 0 Å². The molecule has 0 spiro atoms. The number of benzene rings is 3. The maximum Gasteiger partial charge on any atom is 0.310 e. The van der Waals surface area contributed by atoms with Gasteiger partial charge in [-0.3, -0.25) is 4.79 Å². The summed E-state index contributed by atoms with van der Waals surface area (Å²) in [6, 6.07) is 22.9. The molecule has 0 radical (unpaired) electrons. The molecule has 28 heavy (non-hydrogen) atoms. The Bertz CT molecular complexity index is 929. The number of hydrogen-bond donors (Lipinski definition) is 0. The molecule has 0 saturated heterocycles. The SMILES string of the molecule is CCc1ccccc1P(C(=O)c1c(C)cc(C)cc1C)c1ccccc1.O=[PH2+]. The van der Waals surface area contributed by atoms with Crippen LogP contribution in [0, 0.1) is 20.8 Å². The average Bonchev–Trinajstić information content (AvgIpc) is 2.70. The highest BCUT2D eigenvalue weighted by Gasteiger charge is 2.27. The summed E-state index contributed by atoms with van der Waals surface area (Å²) in [6.45, 7) is 8.35. The van der Waals surface area contributed by atoms with Crippen molar-refractivity contribution in [3.05, 3.63) is 94.5 Å². The molecule has 2 unspecified atom stereocenters. The molecule has 0 saturated carbocycles. The molecule has 3 aromatic rings. The van der Waals surface area contributed by atoms with Crippen molar-refractivity contribution in [1.29, 1.82) is 0 Å². The molecule has 0 aliphatic rings. The molecule has 144 valence electrons. The first-order valence-corrected chi connectivity index (χ1v) is 11.1. The van der Waals surface area contributed by atoms with E-state index in [0.29, 0.717) is 0 Å². The van der Waals surface area contributed by atoms with Crippen molar-refractivity contribution in [1.82, 2.24) is 0 Å². The van der Waals surface area contributed by atoms with Crippen molar-refractivity contribution in [2.24, 2.45) is 0 Å². The highest BCUT2D eigenvalue weighted by molar-refractivity contribution is 7.88. The smallest absolute Gasteiger partial charge is 0.288 e. The molecule has 0 fully saturated rings. The van der Waals surface area contributed by atoms with Crippen molar-refractivity contribution >= 4 is 33.2 Å². The first-order chi connectivity index (χ1) is 13.5. The zero-order valence-corrected chi connectivity index (χ0v) is 18.9. The second-order valence-corrected chi connectivity index (χ2v) is 8.81. The molecule has 4 heteroatoms. The molecule has 0 heterocycles. The molecule has 0 amide bonds. The van der Waals surface area contributed by atoms with Crippen LogP contribution in [0.15, 0.2) is 66.7 Å². The molecule has 3 aromatic carbocycles. The maximum absolute atomic E-state index is 13.8. The molecule has 2 nitrogen and oxygen atoms in total. The largest absolute Gasteiger partial charge is 0.310 e. The minimum Gasteiger partial charge on any atom is -0.288 e. The molecule has 0 N–H and O–H groups in total. The van der Waals surface area contributed by atoms with E-state index in [1.807, 2.05) is 18.2 Å². The van der Waals surface area contributed by atoms with Gasteiger partial charge in [-0.1, -0.05) is 83.8 Å². The summed E-state index contributed by atoms with van der Waals surface area (Å²) in [5.41, 5.74) is 5.75. The van der Waals surface area contributed by atoms with Crippen LogP contribution >= 0.6 is 17.0 Å². The van der Waals surface area contributed by atoms with E-state index < -0.39 is 7.92 Å². The van der Waals surface area contributed by atoms with Gasteiger partial charge >= 0.3 is 9.12 Å². The Hall–Kier alpha value is -2.14. The van der Waals surface area contributed by atoms with Crippen molar-refractivity contribution in [2.45, 2.75) is 34.1 Å². The number of rotatable bonds is 5. The van der Waals surface area contributed by atoms with Gasteiger partial charge in [0.15, 0.2) is 5.52 Å². The summed E-state index contributed by atoms with van der Waals surface area (Å²) in [5, 5.41) is 2.30. The van der Waals surface area contributed by atoms with Crippen molar-refractivity contribution in [3.63, 3.8) is 0 Å². The maximum atomic E-state index is 13.8. The van der Waals surface area contributed by atoms with Crippen molar-refractivity contribution in [3.8, 4) is 0 Å². The van der Waals surface area contributed by atoms with Gasteiger partial charge in [-0.05, 0) is 54.5 Å². The van der Waals surface area contributed by atoms with Crippen LogP contribution in [-0.2, 0) is 11.0 Å². The van der Waals surface area contributed by atoms with Crippen molar-refractivity contribution in [2.75, 3.05) is 0 Å². The van der Waals surface area contributed by atoms with Gasteiger partial charge in [-0.2, -0.15) is 0 Å². The number of carbonyl (C=O) groups excluding carboxylic acids is 1. The highest BCUT2D eigenvalue weighted by atomic mass is 31.1. The predicted molar refractivity (Wildman–Crippen MR) is 124 cm³/mol. The lowest BCUT2D eigenvalue weighted by Gasteiger charge is -2.22. The predicted octanol–water partition coefficient (Wildman–Crippen LogP) is 5.65. The third-order valence-electron chi connectivity index (χ3n) is 4.72. The summed E-state index contributed by atoms with van der Waals surface area (Å²) in [7, 11) is 0.0707. The fraction of sp³-hybridized carbons (Fsp3) is 0.208. The van der Waals surface area contributed by atoms with Gasteiger partial charge in [0.25, 0.3) is 0 Å². The van der Waals surface area contributed by atoms with Gasteiger partial charge < -0.3 is 0 Å². The second-order valence-electron chi connectivity index (χ2n) is 6.73. The summed E-state index contributed by atoms with van der Waals surface area (Å²) < 4.78 is 8.17. The summed E-state index contributed by atoms with van der Waals surface area (Å²) in [5.74, 6) is 0. The average molecular weight is 409 g/mol. The molecule has 0 aliphatic heterocycles. The monoisotopic (exact) mass is 409 g/mol. The molecule has 0 aliphatic carbocycles. The van der Waals surface area contributed by atoms with E-state index >= 15 is 0 Å². The van der Waals surface area contributed by atoms with Crippen LogP contribution in [-0.4, -0.2) is 5.52 Å². The molecular weight excluding hydrogens is 382 g/mol. The van der Waals surface area contributed by atoms with Crippen LogP contribution in [0.1, 0.15) is 39.5 Å². The third kappa shape index (κ3) is 4.82. The summed E-state index contributed by atoms with van der Waals surface area (Å²) >= 11 is 0. The van der Waals surface area contributed by atoms with E-state index in [1.54, 1.807) is 0 Å². The van der Waals surface area contributed by atoms with Gasteiger partial charge in [0.2, 0.25) is 0 Å². The van der Waals surface area contributed by atoms with E-state index in [0.717, 1.165) is 28.4 Å². The van der Waals surface area contributed by atoms with Crippen LogP contribution < -0.4 is 10.6 Å². The van der Waals surface area contributed by atoms with Crippen LogP contribution in [0.4, 0.5) is 0 Å². The second kappa shape index (κ2) is 10.4. The number of carbonyl (C=O) groups is 1. The Morgan fingerprint density at radius 2 is 1.39 bits per heavy atom. The van der Waals surface area contributed by atoms with E-state index in [-0.39, 0.29) is 5.52 Å². The van der Waals surface area contributed by atoms with Crippen molar-refractivity contribution < 1.29 is 9.36 Å². The number of aryl methyl sites for hydroxylation is 4. The molecule has 3 rings (SSSR count). The van der Waals surface area contributed by atoms with Gasteiger partial charge in [-0.15, -0.1) is 0 Å². The van der Waals surface area contributed by atoms with E-state index in [2.05, 4.69) is 76.2 Å². The topological polar surface area (TPSA) is 34.1 Å². The Kier molecular flexibility index (Phi) is 8.24. The molecule has 0 bridgehead atoms. The van der Waals surface area contributed by atoms with E-state index in [1.165, 1.54) is 25.6 Å². The summed E-state index contributed by atoms with van der Waals surface area (Å²) in [4.78, 5) is 13.8. The fourth-order valence-electron chi connectivity index (χ4n) is 3.60. The first kappa shape index (κ1) is 22.2. The van der Waals surface area contributed by atoms with Crippen LogP contribution in [0.2, 0.25) is 0 Å². The van der Waals surface area contributed by atoms with Gasteiger partial charge in [0.05, 0.1) is 0 Å². The minimum atomic E-state index is -1.10. The zero-order valence-electron chi connectivity index (χ0n) is 16.9. The lowest BCUT2D eigenvalue weighted by atomic mass is 10.0. The Labute approximate surface area is 171 Å². The first-order valence-electron chi connectivity index (χ1n) is 9.31. The van der Waals surface area contributed by atoms with Crippen LogP contribution in [0.25, 0.3) is 0 Å². The summed E-state index contributed by atoms with van der Waals surface area (Å²) in [6.07, 6.45) is 0.932. The van der Waals surface area contributed by atoms with E-state index in [9.17, 15) is 4.79 Å². The van der Waals surface area contributed by atoms with Gasteiger partial charge in [0, 0.05) is 13.5 Å². The van der Waals surface area contributed by atoms with Crippen LogP contribution in [0.5, 0.6) is 0 Å². The minimum absolute atomic E-state index is 0.252. The highest BCUT2D eigenvalue weighted by Crippen LogP contribution is 2.40. The molecular formula is C24H27O2P2+. The molecule has 0 aromatic heterocycles. The van der Waals surface area contributed by atoms with Crippen LogP contribution in [0.3, 0.4) is 0 Å². The van der Waals surface area contributed by atoms with Gasteiger partial charge in [0.1, 0.15) is 0 Å². The Morgan fingerprint density at radius 1 is 0.857 bits per heavy atom. The quantitative estimate of drug-likeness (QED) is 0.510. The van der Waals surface area contributed by atoms with E-state index in [4.69, 9.17) is 4.57 Å². The lowest BCUT2D eigenvalue weighted by Crippen LogP contribution is -2.22. The Balaban J connectivity index is 0.00000136. The fourth-order valence-corrected chi connectivity index (χ4v) is 6.13. The number of hydrogen-bond acceptors (Lipinski definition) is 2. The normalized spacial score (nSPS) is 11.3.